The van der Waals surface area contributed by atoms with E-state index in [1.54, 1.807) is 10.7 Å². The molecule has 0 spiro atoms. The van der Waals surface area contributed by atoms with Gasteiger partial charge in [-0.05, 0) is 36.6 Å². The van der Waals surface area contributed by atoms with E-state index < -0.39 is 0 Å². The van der Waals surface area contributed by atoms with Crippen LogP contribution in [0, 0.1) is 0 Å². The van der Waals surface area contributed by atoms with E-state index in [0.717, 1.165) is 22.6 Å². The number of aromatic nitrogens is 4. The number of hydrogen-bond donors (Lipinski definition) is 2. The average Bonchev–Trinajstić information content (AvgIpc) is 2.97. The van der Waals surface area contributed by atoms with Crippen LogP contribution in [0.15, 0.2) is 36.7 Å². The molecule has 0 aliphatic heterocycles. The van der Waals surface area contributed by atoms with Gasteiger partial charge >= 0.3 is 0 Å². The summed E-state index contributed by atoms with van der Waals surface area (Å²) in [6.45, 7) is 0. The molecule has 0 radical (unpaired) electrons. The molecule has 0 amide bonds. The van der Waals surface area contributed by atoms with Gasteiger partial charge in [0.15, 0.2) is 5.65 Å². The maximum absolute atomic E-state index is 5.80. The predicted molar refractivity (Wildman–Crippen MR) is 91.1 cm³/mol. The summed E-state index contributed by atoms with van der Waals surface area (Å²) in [4.78, 5) is 8.53. The van der Waals surface area contributed by atoms with Crippen LogP contribution >= 0.6 is 0 Å². The van der Waals surface area contributed by atoms with Crippen molar-refractivity contribution < 1.29 is 0 Å². The fourth-order valence-corrected chi connectivity index (χ4v) is 3.26. The van der Waals surface area contributed by atoms with Crippen LogP contribution in [0.4, 0.5) is 11.8 Å². The molecule has 1 saturated carbocycles. The third-order valence-corrected chi connectivity index (χ3v) is 4.41. The van der Waals surface area contributed by atoms with Gasteiger partial charge in [0.05, 0.1) is 0 Å². The SMILES string of the molecule is Nc1nc2cc(-c3cccnc3)cc(NC3CCCCC3)n2n1. The molecular weight excluding hydrogens is 288 g/mol. The monoisotopic (exact) mass is 308 g/mol. The summed E-state index contributed by atoms with van der Waals surface area (Å²) in [5.74, 6) is 1.23. The maximum Gasteiger partial charge on any atom is 0.240 e. The Bertz CT molecular complexity index is 805. The molecule has 1 aliphatic carbocycles. The van der Waals surface area contributed by atoms with E-state index in [1.807, 2.05) is 24.4 Å². The number of fused-ring (bicyclic) bond motifs is 1. The molecule has 1 fully saturated rings. The van der Waals surface area contributed by atoms with Gasteiger partial charge in [-0.1, -0.05) is 25.3 Å². The Morgan fingerprint density at radius 2 is 2.00 bits per heavy atom. The topological polar surface area (TPSA) is 81.1 Å². The first-order valence-electron chi connectivity index (χ1n) is 8.13. The number of nitrogen functional groups attached to an aromatic ring is 1. The van der Waals surface area contributed by atoms with Gasteiger partial charge in [-0.15, -0.1) is 5.10 Å². The summed E-state index contributed by atoms with van der Waals surface area (Å²) in [5.41, 5.74) is 8.67. The third kappa shape index (κ3) is 2.84. The second-order valence-electron chi connectivity index (χ2n) is 6.09. The van der Waals surface area contributed by atoms with E-state index in [1.165, 1.54) is 32.1 Å². The van der Waals surface area contributed by atoms with Crippen molar-refractivity contribution in [3.05, 3.63) is 36.7 Å². The first kappa shape index (κ1) is 14.0. The smallest absolute Gasteiger partial charge is 0.240 e. The van der Waals surface area contributed by atoms with Crippen molar-refractivity contribution in [2.75, 3.05) is 11.1 Å². The van der Waals surface area contributed by atoms with Gasteiger partial charge in [0.25, 0.3) is 0 Å². The lowest BCUT2D eigenvalue weighted by atomic mass is 9.95. The van der Waals surface area contributed by atoms with E-state index >= 15 is 0 Å². The predicted octanol–water partition coefficient (Wildman–Crippen LogP) is 3.12. The molecule has 6 heteroatoms. The van der Waals surface area contributed by atoms with Gasteiger partial charge in [0.2, 0.25) is 5.95 Å². The van der Waals surface area contributed by atoms with Crippen molar-refractivity contribution in [1.29, 1.82) is 0 Å². The van der Waals surface area contributed by atoms with Crippen molar-refractivity contribution in [2.24, 2.45) is 0 Å². The molecule has 0 aromatic carbocycles. The van der Waals surface area contributed by atoms with Crippen molar-refractivity contribution in [3.63, 3.8) is 0 Å². The van der Waals surface area contributed by atoms with Crippen LogP contribution in [0.25, 0.3) is 16.8 Å². The molecule has 1 aliphatic rings. The highest BCUT2D eigenvalue weighted by molar-refractivity contribution is 5.71. The Kier molecular flexibility index (Phi) is 3.57. The van der Waals surface area contributed by atoms with Crippen molar-refractivity contribution in [2.45, 2.75) is 38.1 Å². The zero-order valence-electron chi connectivity index (χ0n) is 12.9. The third-order valence-electron chi connectivity index (χ3n) is 4.41. The largest absolute Gasteiger partial charge is 0.367 e. The van der Waals surface area contributed by atoms with Gasteiger partial charge in [0.1, 0.15) is 5.82 Å². The Hall–Kier alpha value is -2.63. The number of nitrogens with zero attached hydrogens (tertiary/aromatic N) is 4. The van der Waals surface area contributed by atoms with E-state index in [0.29, 0.717) is 12.0 Å². The lowest BCUT2D eigenvalue weighted by molar-refractivity contribution is 0.461. The minimum Gasteiger partial charge on any atom is -0.367 e. The molecule has 6 nitrogen and oxygen atoms in total. The summed E-state index contributed by atoms with van der Waals surface area (Å²) < 4.78 is 1.80. The number of nitrogens with two attached hydrogens (primary N) is 1. The zero-order valence-corrected chi connectivity index (χ0v) is 12.9. The van der Waals surface area contributed by atoms with E-state index in [9.17, 15) is 0 Å². The first-order valence-corrected chi connectivity index (χ1v) is 8.13. The van der Waals surface area contributed by atoms with Crippen LogP contribution in [-0.2, 0) is 0 Å². The quantitative estimate of drug-likeness (QED) is 0.777. The molecule has 3 aromatic heterocycles. The molecule has 0 atom stereocenters. The van der Waals surface area contributed by atoms with Gasteiger partial charge < -0.3 is 11.1 Å². The van der Waals surface area contributed by atoms with Crippen LogP contribution in [0.5, 0.6) is 0 Å². The molecule has 3 heterocycles. The molecule has 23 heavy (non-hydrogen) atoms. The first-order chi connectivity index (χ1) is 11.3. The highest BCUT2D eigenvalue weighted by atomic mass is 15.4. The number of pyridine rings is 2. The fourth-order valence-electron chi connectivity index (χ4n) is 3.26. The Morgan fingerprint density at radius 1 is 1.13 bits per heavy atom. The molecule has 0 unspecified atom stereocenters. The second-order valence-corrected chi connectivity index (χ2v) is 6.09. The van der Waals surface area contributed by atoms with Gasteiger partial charge in [-0.2, -0.15) is 9.50 Å². The molecule has 3 N–H and O–H groups in total. The van der Waals surface area contributed by atoms with E-state index in [2.05, 4.69) is 26.4 Å². The van der Waals surface area contributed by atoms with Crippen LogP contribution in [0.1, 0.15) is 32.1 Å². The van der Waals surface area contributed by atoms with E-state index in [4.69, 9.17) is 5.73 Å². The number of anilines is 2. The summed E-state index contributed by atoms with van der Waals surface area (Å²) >= 11 is 0. The highest BCUT2D eigenvalue weighted by Gasteiger charge is 2.16. The van der Waals surface area contributed by atoms with Gasteiger partial charge in [-0.3, -0.25) is 4.98 Å². The van der Waals surface area contributed by atoms with Gasteiger partial charge in [0, 0.05) is 24.0 Å². The Morgan fingerprint density at radius 3 is 2.78 bits per heavy atom. The van der Waals surface area contributed by atoms with Crippen molar-refractivity contribution in [1.82, 2.24) is 19.6 Å². The van der Waals surface area contributed by atoms with Crippen molar-refractivity contribution >= 4 is 17.4 Å². The highest BCUT2D eigenvalue weighted by Crippen LogP contribution is 2.27. The second kappa shape index (κ2) is 5.87. The number of rotatable bonds is 3. The summed E-state index contributed by atoms with van der Waals surface area (Å²) in [6.07, 6.45) is 9.92. The molecule has 3 aromatic rings. The van der Waals surface area contributed by atoms with Crippen LogP contribution in [0.3, 0.4) is 0 Å². The van der Waals surface area contributed by atoms with Crippen LogP contribution in [0.2, 0.25) is 0 Å². The molecule has 4 rings (SSSR count). The maximum atomic E-state index is 5.80. The minimum absolute atomic E-state index is 0.292. The molecule has 0 saturated heterocycles. The lowest BCUT2D eigenvalue weighted by Gasteiger charge is -2.24. The number of hydrogen-bond acceptors (Lipinski definition) is 5. The average molecular weight is 308 g/mol. The number of nitrogens with one attached hydrogen (secondary N) is 1. The lowest BCUT2D eigenvalue weighted by Crippen LogP contribution is -2.23. The molecule has 0 bridgehead atoms. The standard InChI is InChI=1S/C17H20N6/c18-17-21-16-10-13(12-5-4-8-19-11-12)9-15(23(16)22-17)20-14-6-2-1-3-7-14/h4-5,8-11,14,20H,1-3,6-7H2,(H2,18,22). The molecular formula is C17H20N6. The Labute approximate surface area is 134 Å². The molecule has 118 valence electrons. The fraction of sp³-hybridized carbons (Fsp3) is 0.353. The minimum atomic E-state index is 0.292. The van der Waals surface area contributed by atoms with Gasteiger partial charge in [-0.25, -0.2) is 0 Å². The summed E-state index contributed by atoms with van der Waals surface area (Å²) in [5, 5.41) is 7.95. The van der Waals surface area contributed by atoms with Crippen LogP contribution in [-0.4, -0.2) is 25.6 Å². The van der Waals surface area contributed by atoms with Crippen molar-refractivity contribution in [3.8, 4) is 11.1 Å². The Balaban J connectivity index is 1.77. The summed E-state index contributed by atoms with van der Waals surface area (Å²) in [7, 11) is 0. The normalized spacial score (nSPS) is 15.8. The zero-order chi connectivity index (χ0) is 15.6. The van der Waals surface area contributed by atoms with Crippen LogP contribution < -0.4 is 11.1 Å². The summed E-state index contributed by atoms with van der Waals surface area (Å²) in [6, 6.07) is 8.56. The van der Waals surface area contributed by atoms with E-state index in [-0.39, 0.29) is 0 Å².